The van der Waals surface area contributed by atoms with Crippen LogP contribution in [0, 0.1) is 0 Å². The molecule has 2 N–H and O–H groups in total. The number of ether oxygens (including phenoxy) is 1. The van der Waals surface area contributed by atoms with E-state index in [0.29, 0.717) is 0 Å². The molecule has 0 unspecified atom stereocenters. The van der Waals surface area contributed by atoms with Crippen LogP contribution in [0.25, 0.3) is 0 Å². The summed E-state index contributed by atoms with van der Waals surface area (Å²) in [5.41, 5.74) is 0. The number of halogens is 2. The van der Waals surface area contributed by atoms with Crippen molar-refractivity contribution in [2.75, 3.05) is 6.61 Å². The zero-order chi connectivity index (χ0) is 10.1. The molecule has 13 heavy (non-hydrogen) atoms. The molecule has 1 rings (SSSR count). The monoisotopic (exact) mass is 254 g/mol. The van der Waals surface area contributed by atoms with Crippen molar-refractivity contribution in [3.05, 3.63) is 0 Å². The molecule has 1 saturated heterocycles. The first-order valence-corrected chi connectivity index (χ1v) is 4.39. The van der Waals surface area contributed by atoms with E-state index >= 15 is 0 Å². The molecular weight excluding hydrogens is 247 g/mol. The molecule has 0 aliphatic carbocycles. The first kappa shape index (κ1) is 10.4. The van der Waals surface area contributed by atoms with Gasteiger partial charge >= 0.3 is 6.03 Å². The van der Waals surface area contributed by atoms with Crippen molar-refractivity contribution in [3.63, 3.8) is 0 Å². The van der Waals surface area contributed by atoms with Crippen molar-refractivity contribution in [3.8, 4) is 0 Å². The highest BCUT2D eigenvalue weighted by molar-refractivity contribution is 9.10. The number of hydrogen-bond acceptors (Lipinski definition) is 3. The number of urea groups is 1. The van der Waals surface area contributed by atoms with Gasteiger partial charge in [-0.3, -0.25) is 10.1 Å². The lowest BCUT2D eigenvalue weighted by Crippen LogP contribution is -2.65. The van der Waals surface area contributed by atoms with Crippen LogP contribution in [0.5, 0.6) is 0 Å². The van der Waals surface area contributed by atoms with Crippen molar-refractivity contribution in [1.82, 2.24) is 10.6 Å². The number of carbonyl (C=O) groups is 2. The summed E-state index contributed by atoms with van der Waals surface area (Å²) in [6, 6.07) is -0.767. The summed E-state index contributed by atoms with van der Waals surface area (Å²) in [6.45, 7) is 1.82. The Kier molecular flexibility index (Phi) is 2.87. The quantitative estimate of drug-likeness (QED) is 0.695. The van der Waals surface area contributed by atoms with E-state index in [1.807, 2.05) is 0 Å². The van der Waals surface area contributed by atoms with Gasteiger partial charge in [-0.2, -0.15) is 0 Å². The van der Waals surface area contributed by atoms with E-state index in [-0.39, 0.29) is 6.61 Å². The third-order valence-electron chi connectivity index (χ3n) is 1.45. The van der Waals surface area contributed by atoms with Gasteiger partial charge in [-0.15, -0.1) is 0 Å². The largest absolute Gasteiger partial charge is 0.354 e. The van der Waals surface area contributed by atoms with Crippen LogP contribution in [0.15, 0.2) is 0 Å². The maximum atomic E-state index is 13.5. The molecule has 0 saturated carbocycles. The second-order valence-corrected chi connectivity index (χ2v) is 3.54. The van der Waals surface area contributed by atoms with E-state index in [1.54, 1.807) is 12.2 Å². The van der Waals surface area contributed by atoms with Gasteiger partial charge in [-0.1, -0.05) is 0 Å². The number of imide groups is 1. The highest BCUT2D eigenvalue weighted by atomic mass is 79.9. The van der Waals surface area contributed by atoms with Crippen molar-refractivity contribution < 1.29 is 18.7 Å². The zero-order valence-corrected chi connectivity index (χ0v) is 8.35. The molecule has 3 amide bonds. The Bertz CT molecular complexity index is 246. The third kappa shape index (κ3) is 1.97. The van der Waals surface area contributed by atoms with Crippen LogP contribution >= 0.6 is 15.9 Å². The van der Waals surface area contributed by atoms with E-state index in [9.17, 15) is 14.0 Å². The molecule has 7 heteroatoms. The predicted molar refractivity (Wildman–Crippen MR) is 44.9 cm³/mol. The van der Waals surface area contributed by atoms with Gasteiger partial charge in [-0.25, -0.2) is 9.18 Å². The first-order chi connectivity index (χ1) is 5.98. The molecule has 5 nitrogen and oxygen atoms in total. The molecule has 2 atom stereocenters. The minimum absolute atomic E-state index is 0.190. The summed E-state index contributed by atoms with van der Waals surface area (Å²) in [4.78, 5) is 21.7. The summed E-state index contributed by atoms with van der Waals surface area (Å²) < 4.78 is 15.9. The van der Waals surface area contributed by atoms with Crippen LogP contribution in [-0.4, -0.2) is 29.4 Å². The number of alkyl halides is 2. The molecule has 74 valence electrons. The van der Waals surface area contributed by atoms with Crippen LogP contribution in [0.3, 0.4) is 0 Å². The van der Waals surface area contributed by atoms with Crippen LogP contribution in [-0.2, 0) is 9.53 Å². The fraction of sp³-hybridized carbons (Fsp3) is 0.667. The van der Waals surface area contributed by atoms with E-state index in [2.05, 4.69) is 21.2 Å². The fourth-order valence-corrected chi connectivity index (χ4v) is 1.21. The molecule has 0 bridgehead atoms. The topological polar surface area (TPSA) is 67.4 Å². The number of rotatable bonds is 2. The highest BCUT2D eigenvalue weighted by Gasteiger charge is 2.50. The van der Waals surface area contributed by atoms with Crippen LogP contribution in [0.2, 0.25) is 0 Å². The van der Waals surface area contributed by atoms with Gasteiger partial charge in [-0.05, 0) is 22.9 Å². The number of hydrogen-bond donors (Lipinski definition) is 2. The normalized spacial score (nSPS) is 33.9. The molecule has 0 radical (unpaired) electrons. The highest BCUT2D eigenvalue weighted by Crippen LogP contribution is 2.27. The van der Waals surface area contributed by atoms with Gasteiger partial charge in [0.15, 0.2) is 6.23 Å². The average molecular weight is 255 g/mol. The summed E-state index contributed by atoms with van der Waals surface area (Å²) in [6.07, 6.45) is -1.29. The smallest absolute Gasteiger partial charge is 0.323 e. The summed E-state index contributed by atoms with van der Waals surface area (Å²) in [5, 5.41) is 3.89. The van der Waals surface area contributed by atoms with E-state index in [0.717, 1.165) is 0 Å². The Hall–Kier alpha value is -0.690. The number of amides is 3. The van der Waals surface area contributed by atoms with E-state index < -0.39 is 22.7 Å². The van der Waals surface area contributed by atoms with Gasteiger partial charge in [0.05, 0.1) is 0 Å². The van der Waals surface area contributed by atoms with Gasteiger partial charge in [0, 0.05) is 6.61 Å². The maximum Gasteiger partial charge on any atom is 0.323 e. The molecule has 1 aliphatic heterocycles. The minimum Gasteiger partial charge on any atom is -0.354 e. The SMILES string of the molecule is CCO[C@@H]1NC(=O)NC(=O)[C@]1(F)Br. The number of nitrogens with one attached hydrogen (secondary N) is 2. The molecule has 1 heterocycles. The standard InChI is InChI=1S/C6H8BrFN2O3/c1-2-13-4-6(7,8)3(11)9-5(12)10-4/h4H,2H2,1H3,(H2,9,10,11,12)/t4-,6+/m0/s1. The molecule has 0 spiro atoms. The lowest BCUT2D eigenvalue weighted by molar-refractivity contribution is -0.136. The van der Waals surface area contributed by atoms with Crippen molar-refractivity contribution in [2.45, 2.75) is 17.7 Å². The minimum atomic E-state index is -2.41. The van der Waals surface area contributed by atoms with Gasteiger partial charge in [0.2, 0.25) is 0 Å². The molecule has 0 aromatic rings. The second-order valence-electron chi connectivity index (χ2n) is 2.39. The van der Waals surface area contributed by atoms with Gasteiger partial charge in [0.25, 0.3) is 10.5 Å². The average Bonchev–Trinajstić information content (AvgIpc) is 2.01. The second kappa shape index (κ2) is 3.59. The molecular formula is C6H8BrFN2O3. The van der Waals surface area contributed by atoms with Gasteiger partial charge < -0.3 is 10.1 Å². The Morgan fingerprint density at radius 2 is 2.31 bits per heavy atom. The Morgan fingerprint density at radius 3 is 2.85 bits per heavy atom. The molecule has 0 aromatic heterocycles. The van der Waals surface area contributed by atoms with Crippen LogP contribution < -0.4 is 10.6 Å². The van der Waals surface area contributed by atoms with E-state index in [1.165, 1.54) is 0 Å². The van der Waals surface area contributed by atoms with Crippen molar-refractivity contribution in [1.29, 1.82) is 0 Å². The van der Waals surface area contributed by atoms with Gasteiger partial charge in [0.1, 0.15) is 0 Å². The summed E-state index contributed by atoms with van der Waals surface area (Å²) in [5.74, 6) is -1.06. The van der Waals surface area contributed by atoms with Crippen molar-refractivity contribution >= 4 is 27.9 Å². The predicted octanol–water partition coefficient (Wildman–Crippen LogP) is 0.249. The third-order valence-corrected chi connectivity index (χ3v) is 2.23. The lowest BCUT2D eigenvalue weighted by Gasteiger charge is -2.31. The Labute approximate surface area is 82.1 Å². The first-order valence-electron chi connectivity index (χ1n) is 3.60. The summed E-state index contributed by atoms with van der Waals surface area (Å²) in [7, 11) is 0. The Balaban J connectivity index is 2.78. The Morgan fingerprint density at radius 1 is 1.69 bits per heavy atom. The number of carbonyl (C=O) groups excluding carboxylic acids is 2. The fourth-order valence-electron chi connectivity index (χ4n) is 0.864. The van der Waals surface area contributed by atoms with E-state index in [4.69, 9.17) is 4.74 Å². The molecule has 1 fully saturated rings. The zero-order valence-electron chi connectivity index (χ0n) is 6.77. The van der Waals surface area contributed by atoms with Crippen LogP contribution in [0.1, 0.15) is 6.92 Å². The van der Waals surface area contributed by atoms with Crippen LogP contribution in [0.4, 0.5) is 9.18 Å². The van der Waals surface area contributed by atoms with Crippen molar-refractivity contribution in [2.24, 2.45) is 0 Å². The maximum absolute atomic E-state index is 13.5. The molecule has 1 aliphatic rings. The lowest BCUT2D eigenvalue weighted by atomic mass is 10.2. The summed E-state index contributed by atoms with van der Waals surface area (Å²) >= 11 is 2.53. The molecule has 0 aromatic carbocycles.